The Balaban J connectivity index is 2.49. The molecule has 0 saturated heterocycles. The van der Waals surface area contributed by atoms with Gasteiger partial charge in [-0.2, -0.15) is 2.90 Å². The molecule has 1 aromatic heterocycles. The molecule has 0 atom stereocenters. The number of tetrazole rings is 1. The molecule has 0 radical (unpaired) electrons. The van der Waals surface area contributed by atoms with Crippen LogP contribution in [0.4, 0.5) is 0 Å². The maximum Gasteiger partial charge on any atom is 0.162 e. The normalized spacial score (nSPS) is 10.2. The van der Waals surface area contributed by atoms with Gasteiger partial charge in [0.1, 0.15) is 0 Å². The topological polar surface area (TPSA) is 43.6 Å². The van der Waals surface area contributed by atoms with Gasteiger partial charge in [-0.05, 0) is 16.8 Å². The summed E-state index contributed by atoms with van der Waals surface area (Å²) in [5.74, 6) is 0.961. The van der Waals surface area contributed by atoms with Crippen LogP contribution in [-0.2, 0) is 6.42 Å². The number of nitrogens with zero attached hydrogens (tertiary/aromatic N) is 4. The second kappa shape index (κ2) is 3.85. The number of aromatic nitrogens is 4. The van der Waals surface area contributed by atoms with Gasteiger partial charge in [0, 0.05) is 6.42 Å². The van der Waals surface area contributed by atoms with Crippen LogP contribution in [0.1, 0.15) is 25.6 Å². The summed E-state index contributed by atoms with van der Waals surface area (Å²) in [5.41, 5.74) is 0. The second-order valence-electron chi connectivity index (χ2n) is 2.06. The summed E-state index contributed by atoms with van der Waals surface area (Å²) in [7, 11) is 0. The third-order valence-electron chi connectivity index (χ3n) is 1.25. The third-order valence-corrected chi connectivity index (χ3v) is 2.00. The molecular formula is C5H9IN4. The van der Waals surface area contributed by atoms with Crippen molar-refractivity contribution >= 4 is 22.9 Å². The molecular weight excluding hydrogens is 243 g/mol. The average Bonchev–Trinajstić information content (AvgIpc) is 2.31. The molecule has 0 amide bonds. The van der Waals surface area contributed by atoms with Gasteiger partial charge in [0.25, 0.3) is 0 Å². The molecule has 0 aliphatic rings. The van der Waals surface area contributed by atoms with Crippen molar-refractivity contribution in [1.82, 2.24) is 18.4 Å². The minimum atomic E-state index is 0.961. The van der Waals surface area contributed by atoms with E-state index in [-0.39, 0.29) is 0 Å². The summed E-state index contributed by atoms with van der Waals surface area (Å²) < 4.78 is 1.69. The van der Waals surface area contributed by atoms with Crippen LogP contribution in [0.5, 0.6) is 0 Å². The Labute approximate surface area is 73.5 Å². The van der Waals surface area contributed by atoms with Crippen LogP contribution < -0.4 is 0 Å². The van der Waals surface area contributed by atoms with Crippen LogP contribution in [0, 0.1) is 0 Å². The number of halogens is 1. The maximum absolute atomic E-state index is 3.85. The van der Waals surface area contributed by atoms with Crippen molar-refractivity contribution in [1.29, 1.82) is 0 Å². The van der Waals surface area contributed by atoms with E-state index in [0.717, 1.165) is 18.7 Å². The zero-order chi connectivity index (χ0) is 7.40. The zero-order valence-electron chi connectivity index (χ0n) is 5.79. The van der Waals surface area contributed by atoms with E-state index < -0.39 is 0 Å². The van der Waals surface area contributed by atoms with Crippen molar-refractivity contribution in [2.24, 2.45) is 0 Å². The van der Waals surface area contributed by atoms with Gasteiger partial charge in [-0.15, -0.1) is 5.10 Å². The van der Waals surface area contributed by atoms with Gasteiger partial charge >= 0.3 is 0 Å². The summed E-state index contributed by atoms with van der Waals surface area (Å²) in [4.78, 5) is 0. The fraction of sp³-hybridized carbons (Fsp3) is 0.800. The predicted molar refractivity (Wildman–Crippen MR) is 45.8 cm³/mol. The highest BCUT2D eigenvalue weighted by Crippen LogP contribution is 2.01. The zero-order valence-corrected chi connectivity index (χ0v) is 7.95. The first-order valence-electron chi connectivity index (χ1n) is 3.28. The van der Waals surface area contributed by atoms with E-state index in [1.54, 1.807) is 2.90 Å². The van der Waals surface area contributed by atoms with E-state index in [2.05, 4.69) is 45.3 Å². The molecule has 1 heterocycles. The highest BCUT2D eigenvalue weighted by atomic mass is 127. The lowest BCUT2D eigenvalue weighted by Crippen LogP contribution is -1.93. The lowest BCUT2D eigenvalue weighted by molar-refractivity contribution is 0.750. The number of unbranched alkanes of at least 4 members (excludes halogenated alkanes) is 1. The third kappa shape index (κ3) is 1.89. The Hall–Kier alpha value is -0.200. The monoisotopic (exact) mass is 252 g/mol. The summed E-state index contributed by atoms with van der Waals surface area (Å²) in [5, 5.41) is 11.1. The number of aryl methyl sites for hydroxylation is 1. The van der Waals surface area contributed by atoms with Crippen molar-refractivity contribution in [2.75, 3.05) is 0 Å². The van der Waals surface area contributed by atoms with Crippen LogP contribution in [0.15, 0.2) is 0 Å². The molecule has 0 aliphatic heterocycles. The van der Waals surface area contributed by atoms with E-state index in [4.69, 9.17) is 0 Å². The fourth-order valence-electron chi connectivity index (χ4n) is 0.672. The Kier molecular flexibility index (Phi) is 3.04. The molecule has 5 heteroatoms. The average molecular weight is 252 g/mol. The lowest BCUT2D eigenvalue weighted by Gasteiger charge is -1.92. The summed E-state index contributed by atoms with van der Waals surface area (Å²) >= 11 is 2.08. The largest absolute Gasteiger partial charge is 0.168 e. The molecule has 0 saturated carbocycles. The van der Waals surface area contributed by atoms with Crippen LogP contribution in [0.2, 0.25) is 0 Å². The molecule has 0 N–H and O–H groups in total. The maximum atomic E-state index is 3.85. The van der Waals surface area contributed by atoms with Crippen LogP contribution >= 0.6 is 22.9 Å². The Morgan fingerprint density at radius 3 is 2.90 bits per heavy atom. The minimum absolute atomic E-state index is 0.961. The van der Waals surface area contributed by atoms with Gasteiger partial charge in [0.2, 0.25) is 0 Å². The van der Waals surface area contributed by atoms with Crippen LogP contribution in [-0.4, -0.2) is 18.4 Å². The summed E-state index contributed by atoms with van der Waals surface area (Å²) in [6.07, 6.45) is 3.32. The number of hydrogen-bond donors (Lipinski definition) is 0. The van der Waals surface area contributed by atoms with E-state index in [1.807, 2.05) is 0 Å². The second-order valence-corrected chi connectivity index (χ2v) is 2.97. The number of rotatable bonds is 3. The smallest absolute Gasteiger partial charge is 0.162 e. The van der Waals surface area contributed by atoms with Gasteiger partial charge in [0.15, 0.2) is 5.82 Å². The predicted octanol–water partition coefficient (Wildman–Crippen LogP) is 1.21. The van der Waals surface area contributed by atoms with Crippen molar-refractivity contribution in [3.05, 3.63) is 5.82 Å². The van der Waals surface area contributed by atoms with Crippen molar-refractivity contribution < 1.29 is 0 Å². The first-order valence-corrected chi connectivity index (χ1v) is 4.24. The highest BCUT2D eigenvalue weighted by Gasteiger charge is 2.00. The SMILES string of the molecule is CCCCc1nnnn1I. The van der Waals surface area contributed by atoms with E-state index in [1.165, 1.54) is 6.42 Å². The molecule has 0 fully saturated rings. The highest BCUT2D eigenvalue weighted by molar-refractivity contribution is 14.1. The van der Waals surface area contributed by atoms with Crippen LogP contribution in [0.3, 0.4) is 0 Å². The van der Waals surface area contributed by atoms with E-state index in [0.29, 0.717) is 0 Å². The van der Waals surface area contributed by atoms with Gasteiger partial charge < -0.3 is 0 Å². The summed E-state index contributed by atoms with van der Waals surface area (Å²) in [6.45, 7) is 2.15. The Bertz CT molecular complexity index is 197. The Morgan fingerprint density at radius 2 is 2.40 bits per heavy atom. The fourth-order valence-corrected chi connectivity index (χ4v) is 1.10. The lowest BCUT2D eigenvalue weighted by atomic mass is 10.2. The Morgan fingerprint density at radius 1 is 1.60 bits per heavy atom. The molecule has 0 aromatic carbocycles. The molecule has 0 spiro atoms. The molecule has 0 bridgehead atoms. The van der Waals surface area contributed by atoms with E-state index >= 15 is 0 Å². The number of hydrogen-bond acceptors (Lipinski definition) is 3. The molecule has 1 rings (SSSR count). The molecule has 4 nitrogen and oxygen atoms in total. The molecule has 10 heavy (non-hydrogen) atoms. The van der Waals surface area contributed by atoms with Crippen molar-refractivity contribution in [3.8, 4) is 0 Å². The van der Waals surface area contributed by atoms with Crippen molar-refractivity contribution in [3.63, 3.8) is 0 Å². The summed E-state index contributed by atoms with van der Waals surface area (Å²) in [6, 6.07) is 0. The molecule has 56 valence electrons. The minimum Gasteiger partial charge on any atom is -0.168 e. The van der Waals surface area contributed by atoms with Gasteiger partial charge in [-0.25, -0.2) is 0 Å². The first kappa shape index (κ1) is 7.90. The standard InChI is InChI=1S/C5H9IN4/c1-2-3-4-5-7-8-9-10(5)6/h2-4H2,1H3. The van der Waals surface area contributed by atoms with Gasteiger partial charge in [-0.3, -0.25) is 0 Å². The molecule has 0 aliphatic carbocycles. The van der Waals surface area contributed by atoms with Gasteiger partial charge in [0.05, 0.1) is 22.9 Å². The van der Waals surface area contributed by atoms with Crippen LogP contribution in [0.25, 0.3) is 0 Å². The van der Waals surface area contributed by atoms with E-state index in [9.17, 15) is 0 Å². The quantitative estimate of drug-likeness (QED) is 0.759. The molecule has 0 unspecified atom stereocenters. The van der Waals surface area contributed by atoms with Crippen molar-refractivity contribution in [2.45, 2.75) is 26.2 Å². The molecule has 1 aromatic rings. The first-order chi connectivity index (χ1) is 4.84. The van der Waals surface area contributed by atoms with Gasteiger partial charge in [-0.1, -0.05) is 13.3 Å².